The van der Waals surface area contributed by atoms with Gasteiger partial charge in [0.2, 0.25) is 11.2 Å². The summed E-state index contributed by atoms with van der Waals surface area (Å²) in [6.45, 7) is 4.16. The lowest BCUT2D eigenvalue weighted by molar-refractivity contribution is 0.0525. The van der Waals surface area contributed by atoms with Gasteiger partial charge in [0.15, 0.2) is 11.5 Å². The van der Waals surface area contributed by atoms with Gasteiger partial charge in [-0.3, -0.25) is 4.98 Å². The molecule has 2 heterocycles. The molecule has 0 N–H and O–H groups in total. The first kappa shape index (κ1) is 21.9. The number of fused-ring (bicyclic) bond motifs is 1. The maximum Gasteiger partial charge on any atom is 0.339 e. The van der Waals surface area contributed by atoms with Crippen LogP contribution in [0.2, 0.25) is 10.3 Å². The Morgan fingerprint density at radius 1 is 1.07 bits per heavy atom. The summed E-state index contributed by atoms with van der Waals surface area (Å²) in [5.41, 5.74) is 1.63. The number of nitrogens with zero attached hydrogens (tertiary/aromatic N) is 3. The third kappa shape index (κ3) is 5.01. The molecule has 8 nitrogen and oxygen atoms in total. The Morgan fingerprint density at radius 2 is 1.83 bits per heavy atom. The van der Waals surface area contributed by atoms with Gasteiger partial charge in [0.05, 0.1) is 36.7 Å². The molecule has 0 unspecified atom stereocenters. The van der Waals surface area contributed by atoms with Gasteiger partial charge in [-0.1, -0.05) is 11.6 Å². The molecule has 0 amide bonds. The number of aryl methyl sites for hydroxylation is 1. The monoisotopic (exact) mass is 451 g/mol. The molecule has 1 aromatic carbocycles. The molecule has 30 heavy (non-hydrogen) atoms. The van der Waals surface area contributed by atoms with Crippen LogP contribution in [0.4, 0.5) is 0 Å². The van der Waals surface area contributed by atoms with Crippen LogP contribution in [0.1, 0.15) is 23.0 Å². The molecule has 0 fully saturated rings. The topological polar surface area (TPSA) is 92.7 Å². The zero-order valence-corrected chi connectivity index (χ0v) is 18.1. The van der Waals surface area contributed by atoms with Gasteiger partial charge >= 0.3 is 5.97 Å². The van der Waals surface area contributed by atoms with Gasteiger partial charge in [0.1, 0.15) is 18.2 Å². The van der Waals surface area contributed by atoms with Crippen LogP contribution in [0.5, 0.6) is 17.4 Å². The van der Waals surface area contributed by atoms with Crippen molar-refractivity contribution < 1.29 is 23.7 Å². The van der Waals surface area contributed by atoms with E-state index in [1.807, 2.05) is 0 Å². The van der Waals surface area contributed by atoms with Crippen molar-refractivity contribution in [1.82, 2.24) is 15.0 Å². The third-order valence-electron chi connectivity index (χ3n) is 4.05. The second-order valence-corrected chi connectivity index (χ2v) is 6.77. The molecule has 0 atom stereocenters. The predicted molar refractivity (Wildman–Crippen MR) is 112 cm³/mol. The number of pyridine rings is 1. The molecule has 0 aliphatic rings. The van der Waals surface area contributed by atoms with Crippen LogP contribution in [-0.4, -0.2) is 47.9 Å². The number of carbonyl (C=O) groups is 1. The van der Waals surface area contributed by atoms with Crippen molar-refractivity contribution in [3.63, 3.8) is 0 Å². The smallest absolute Gasteiger partial charge is 0.339 e. The van der Waals surface area contributed by atoms with Crippen molar-refractivity contribution in [2.75, 3.05) is 26.9 Å². The molecule has 0 saturated heterocycles. The second kappa shape index (κ2) is 9.77. The van der Waals surface area contributed by atoms with E-state index in [1.54, 1.807) is 32.0 Å². The molecule has 0 saturated carbocycles. The average Bonchev–Trinajstić information content (AvgIpc) is 2.72. The van der Waals surface area contributed by atoms with Crippen LogP contribution in [0.25, 0.3) is 10.9 Å². The van der Waals surface area contributed by atoms with E-state index in [2.05, 4.69) is 15.0 Å². The number of esters is 1. The highest BCUT2D eigenvalue weighted by Gasteiger charge is 2.15. The molecular weight excluding hydrogens is 433 g/mol. The average molecular weight is 452 g/mol. The van der Waals surface area contributed by atoms with E-state index in [9.17, 15) is 4.79 Å². The molecule has 0 spiro atoms. The number of aromatic nitrogens is 3. The summed E-state index contributed by atoms with van der Waals surface area (Å²) >= 11 is 11.7. The van der Waals surface area contributed by atoms with Gasteiger partial charge in [0.25, 0.3) is 0 Å². The Morgan fingerprint density at radius 3 is 2.57 bits per heavy atom. The minimum Gasteiger partial charge on any atom is -0.493 e. The van der Waals surface area contributed by atoms with Crippen molar-refractivity contribution >= 4 is 40.1 Å². The number of carbonyl (C=O) groups excluding carboxylic acids is 1. The van der Waals surface area contributed by atoms with Crippen LogP contribution < -0.4 is 14.2 Å². The van der Waals surface area contributed by atoms with E-state index in [0.29, 0.717) is 34.9 Å². The summed E-state index contributed by atoms with van der Waals surface area (Å²) in [6.07, 6.45) is 1.36. The molecular formula is C20H19Cl2N3O5. The molecule has 0 bridgehead atoms. The SMILES string of the molecule is CCOC(=O)c1cc2cc(OC)c(OCCOc3nc(Cl)ncc3Cl)cc2nc1C. The largest absolute Gasteiger partial charge is 0.493 e. The van der Waals surface area contributed by atoms with E-state index >= 15 is 0 Å². The molecule has 158 valence electrons. The van der Waals surface area contributed by atoms with Gasteiger partial charge in [-0.25, -0.2) is 9.78 Å². The Balaban J connectivity index is 1.76. The van der Waals surface area contributed by atoms with Gasteiger partial charge in [-0.2, -0.15) is 4.98 Å². The fourth-order valence-corrected chi connectivity index (χ4v) is 2.96. The van der Waals surface area contributed by atoms with Crippen LogP contribution in [0, 0.1) is 6.92 Å². The molecule has 0 radical (unpaired) electrons. The lowest BCUT2D eigenvalue weighted by Crippen LogP contribution is -2.11. The maximum absolute atomic E-state index is 12.1. The first-order valence-corrected chi connectivity index (χ1v) is 9.78. The Labute approximate surface area is 183 Å². The van der Waals surface area contributed by atoms with E-state index in [0.717, 1.165) is 5.39 Å². The fourth-order valence-electron chi connectivity index (χ4n) is 2.69. The second-order valence-electron chi connectivity index (χ2n) is 6.03. The summed E-state index contributed by atoms with van der Waals surface area (Å²) in [6, 6.07) is 5.22. The Bertz CT molecular complexity index is 1080. The minimum atomic E-state index is -0.413. The zero-order valence-electron chi connectivity index (χ0n) is 16.6. The summed E-state index contributed by atoms with van der Waals surface area (Å²) in [5.74, 6) is 0.737. The first-order valence-electron chi connectivity index (χ1n) is 9.03. The molecule has 3 aromatic rings. The van der Waals surface area contributed by atoms with Crippen LogP contribution >= 0.6 is 23.2 Å². The lowest BCUT2D eigenvalue weighted by Gasteiger charge is -2.13. The van der Waals surface area contributed by atoms with Gasteiger partial charge in [-0.15, -0.1) is 0 Å². The Hall–Kier alpha value is -2.84. The van der Waals surface area contributed by atoms with Crippen molar-refractivity contribution in [3.8, 4) is 17.4 Å². The molecule has 10 heteroatoms. The number of benzene rings is 1. The Kier molecular flexibility index (Phi) is 7.12. The predicted octanol–water partition coefficient (Wildman–Crippen LogP) is 4.28. The zero-order chi connectivity index (χ0) is 21.7. The highest BCUT2D eigenvalue weighted by Crippen LogP contribution is 2.32. The van der Waals surface area contributed by atoms with Crippen molar-refractivity contribution in [1.29, 1.82) is 0 Å². The van der Waals surface area contributed by atoms with Crippen LogP contribution in [0.15, 0.2) is 24.4 Å². The minimum absolute atomic E-state index is 0.0372. The van der Waals surface area contributed by atoms with Crippen LogP contribution in [0.3, 0.4) is 0 Å². The van der Waals surface area contributed by atoms with Gasteiger partial charge in [0, 0.05) is 11.5 Å². The van der Waals surface area contributed by atoms with Gasteiger partial charge in [-0.05, 0) is 37.6 Å². The van der Waals surface area contributed by atoms with Crippen molar-refractivity contribution in [2.24, 2.45) is 0 Å². The quantitative estimate of drug-likeness (QED) is 0.284. The molecule has 0 aliphatic heterocycles. The highest BCUT2D eigenvalue weighted by atomic mass is 35.5. The van der Waals surface area contributed by atoms with Gasteiger partial charge < -0.3 is 18.9 Å². The third-order valence-corrected chi connectivity index (χ3v) is 4.49. The normalized spacial score (nSPS) is 10.7. The number of halogens is 2. The van der Waals surface area contributed by atoms with E-state index < -0.39 is 5.97 Å². The van der Waals surface area contributed by atoms with Crippen molar-refractivity contribution in [2.45, 2.75) is 13.8 Å². The highest BCUT2D eigenvalue weighted by molar-refractivity contribution is 6.32. The standard InChI is InChI=1S/C20H19Cl2N3O5/c1-4-28-19(26)13-7-12-8-16(27-3)17(9-15(12)24-11(13)2)29-5-6-30-18-14(21)10-23-20(22)25-18/h7-10H,4-6H2,1-3H3. The molecule has 3 rings (SSSR count). The number of hydrogen-bond donors (Lipinski definition) is 0. The number of ether oxygens (including phenoxy) is 4. The number of hydrogen-bond acceptors (Lipinski definition) is 8. The summed E-state index contributed by atoms with van der Waals surface area (Å²) in [5, 5.41) is 1.02. The summed E-state index contributed by atoms with van der Waals surface area (Å²) in [7, 11) is 1.53. The number of rotatable bonds is 8. The van der Waals surface area contributed by atoms with E-state index in [-0.39, 0.29) is 29.4 Å². The van der Waals surface area contributed by atoms with E-state index in [1.165, 1.54) is 13.3 Å². The molecule has 0 aliphatic carbocycles. The molecule has 2 aromatic heterocycles. The van der Waals surface area contributed by atoms with Crippen LogP contribution in [-0.2, 0) is 4.74 Å². The lowest BCUT2D eigenvalue weighted by atomic mass is 10.1. The number of methoxy groups -OCH3 is 1. The summed E-state index contributed by atoms with van der Waals surface area (Å²) < 4.78 is 21.8. The van der Waals surface area contributed by atoms with Crippen molar-refractivity contribution in [3.05, 3.63) is 46.0 Å². The summed E-state index contributed by atoms with van der Waals surface area (Å²) in [4.78, 5) is 24.3. The maximum atomic E-state index is 12.1. The first-order chi connectivity index (χ1) is 14.4. The fraction of sp³-hybridized carbons (Fsp3) is 0.300. The van der Waals surface area contributed by atoms with E-state index in [4.69, 9.17) is 42.1 Å².